The lowest BCUT2D eigenvalue weighted by Gasteiger charge is -2.26. The van der Waals surface area contributed by atoms with Crippen LogP contribution in [0.15, 0.2) is 49.6 Å². The maximum Gasteiger partial charge on any atom is 0.330 e. The first kappa shape index (κ1) is 18.5. The number of carbonyl (C=O) groups is 1. The number of hydrogen-bond acceptors (Lipinski definition) is 6. The van der Waals surface area contributed by atoms with Gasteiger partial charge in [0, 0.05) is 12.1 Å². The number of nitrogens with zero attached hydrogens (tertiary/aromatic N) is 2. The summed E-state index contributed by atoms with van der Waals surface area (Å²) in [4.78, 5) is 43.1. The third-order valence-corrected chi connectivity index (χ3v) is 5.61. The van der Waals surface area contributed by atoms with Crippen molar-refractivity contribution in [2.45, 2.75) is 43.4 Å². The summed E-state index contributed by atoms with van der Waals surface area (Å²) >= 11 is 1.16. The zero-order valence-electron chi connectivity index (χ0n) is 15.1. The van der Waals surface area contributed by atoms with Crippen LogP contribution >= 0.6 is 11.8 Å². The molecular weight excluding hydrogens is 380 g/mol. The predicted octanol–water partition coefficient (Wildman–Crippen LogP) is 2.91. The summed E-state index contributed by atoms with van der Waals surface area (Å²) in [5.74, 6) is -0.0380. The van der Waals surface area contributed by atoms with Crippen molar-refractivity contribution in [2.75, 3.05) is 11.1 Å². The van der Waals surface area contributed by atoms with Crippen molar-refractivity contribution in [1.29, 1.82) is 0 Å². The molecule has 0 radical (unpaired) electrons. The van der Waals surface area contributed by atoms with Crippen LogP contribution in [0.5, 0.6) is 0 Å². The second-order valence-corrected chi connectivity index (χ2v) is 7.70. The van der Waals surface area contributed by atoms with Crippen LogP contribution in [0.1, 0.15) is 38.1 Å². The summed E-state index contributed by atoms with van der Waals surface area (Å²) in [6.45, 7) is 0. The van der Waals surface area contributed by atoms with Crippen molar-refractivity contribution in [2.24, 2.45) is 0 Å². The number of amides is 1. The van der Waals surface area contributed by atoms with E-state index in [0.29, 0.717) is 10.8 Å². The molecule has 28 heavy (non-hydrogen) atoms. The zero-order chi connectivity index (χ0) is 19.5. The van der Waals surface area contributed by atoms with Crippen LogP contribution in [-0.4, -0.2) is 26.2 Å². The van der Waals surface area contributed by atoms with E-state index in [4.69, 9.17) is 4.42 Å². The molecule has 146 valence electrons. The Morgan fingerprint density at radius 2 is 2.04 bits per heavy atom. The normalized spacial score (nSPS) is 15.0. The average Bonchev–Trinajstić information content (AvgIpc) is 3.10. The van der Waals surface area contributed by atoms with Gasteiger partial charge in [-0.25, -0.2) is 9.78 Å². The third-order valence-electron chi connectivity index (χ3n) is 4.78. The summed E-state index contributed by atoms with van der Waals surface area (Å²) in [6.07, 6.45) is 4.89. The number of nitrogens with one attached hydrogen (secondary N) is 2. The first-order chi connectivity index (χ1) is 13.6. The number of benzene rings is 1. The standard InChI is InChI=1S/C19H20N4O4S/c24-16-10-15(23(18(26)22-16)12-6-2-1-3-7-12)21-17(25)11-28-19-20-13-8-4-5-9-14(13)27-19/h4-5,8-10,12H,1-3,6-7,11H2,(H,21,25)(H,22,24,26). The van der Waals surface area contributed by atoms with Crippen LogP contribution in [0.3, 0.4) is 0 Å². The maximum atomic E-state index is 12.4. The number of para-hydroxylation sites is 2. The van der Waals surface area contributed by atoms with Crippen molar-refractivity contribution < 1.29 is 9.21 Å². The van der Waals surface area contributed by atoms with Gasteiger partial charge in [-0.15, -0.1) is 0 Å². The molecule has 1 fully saturated rings. The van der Waals surface area contributed by atoms with Crippen molar-refractivity contribution >= 4 is 34.6 Å². The van der Waals surface area contributed by atoms with E-state index in [1.165, 1.54) is 10.6 Å². The molecule has 1 aromatic carbocycles. The first-order valence-electron chi connectivity index (χ1n) is 9.24. The van der Waals surface area contributed by atoms with Gasteiger partial charge in [-0.3, -0.25) is 19.1 Å². The van der Waals surface area contributed by atoms with Crippen molar-refractivity contribution in [3.8, 4) is 0 Å². The lowest BCUT2D eigenvalue weighted by molar-refractivity contribution is -0.113. The van der Waals surface area contributed by atoms with Gasteiger partial charge in [-0.1, -0.05) is 43.2 Å². The van der Waals surface area contributed by atoms with Gasteiger partial charge < -0.3 is 9.73 Å². The van der Waals surface area contributed by atoms with Crippen molar-refractivity contribution in [3.05, 3.63) is 51.2 Å². The molecule has 0 bridgehead atoms. The molecule has 1 saturated carbocycles. The highest BCUT2D eigenvalue weighted by Crippen LogP contribution is 2.29. The number of oxazole rings is 1. The molecule has 2 aromatic heterocycles. The number of fused-ring (bicyclic) bond motifs is 1. The van der Waals surface area contributed by atoms with Crippen LogP contribution in [-0.2, 0) is 4.79 Å². The SMILES string of the molecule is O=C(CSc1nc2ccccc2o1)Nc1cc(=O)[nH]c(=O)n1C1CCCCC1. The first-order valence-corrected chi connectivity index (χ1v) is 10.2. The topological polar surface area (TPSA) is 110 Å². The summed E-state index contributed by atoms with van der Waals surface area (Å²) < 4.78 is 7.09. The second-order valence-electron chi connectivity index (χ2n) is 6.77. The molecule has 4 rings (SSSR count). The fourth-order valence-electron chi connectivity index (χ4n) is 3.52. The molecule has 2 heterocycles. The van der Waals surface area contributed by atoms with E-state index in [2.05, 4.69) is 15.3 Å². The highest BCUT2D eigenvalue weighted by molar-refractivity contribution is 7.99. The fourth-order valence-corrected chi connectivity index (χ4v) is 4.16. The summed E-state index contributed by atoms with van der Waals surface area (Å²) in [7, 11) is 0. The Hall–Kier alpha value is -2.81. The smallest absolute Gasteiger partial charge is 0.330 e. The van der Waals surface area contributed by atoms with Crippen LogP contribution in [0.2, 0.25) is 0 Å². The van der Waals surface area contributed by atoms with E-state index in [0.717, 1.165) is 49.4 Å². The van der Waals surface area contributed by atoms with Crippen LogP contribution in [0, 0.1) is 0 Å². The Morgan fingerprint density at radius 1 is 1.25 bits per heavy atom. The molecule has 1 aliphatic carbocycles. The predicted molar refractivity (Wildman–Crippen MR) is 107 cm³/mol. The van der Waals surface area contributed by atoms with Gasteiger partial charge in [-0.05, 0) is 25.0 Å². The fraction of sp³-hybridized carbons (Fsp3) is 0.368. The number of H-pyrrole nitrogens is 1. The van der Waals surface area contributed by atoms with E-state index >= 15 is 0 Å². The molecule has 1 amide bonds. The Bertz CT molecular complexity index is 1080. The summed E-state index contributed by atoms with van der Waals surface area (Å²) in [5, 5.41) is 3.10. The highest BCUT2D eigenvalue weighted by Gasteiger charge is 2.21. The minimum absolute atomic E-state index is 0.0157. The van der Waals surface area contributed by atoms with Gasteiger partial charge in [0.2, 0.25) is 5.91 Å². The largest absolute Gasteiger partial charge is 0.431 e. The number of hydrogen-bond donors (Lipinski definition) is 2. The third kappa shape index (κ3) is 4.04. The zero-order valence-corrected chi connectivity index (χ0v) is 16.0. The molecule has 3 aromatic rings. The molecular formula is C19H20N4O4S. The molecule has 2 N–H and O–H groups in total. The Balaban J connectivity index is 1.49. The quantitative estimate of drug-likeness (QED) is 0.637. The average molecular weight is 400 g/mol. The molecule has 8 nitrogen and oxygen atoms in total. The van der Waals surface area contributed by atoms with Gasteiger partial charge in [0.05, 0.1) is 5.75 Å². The number of anilines is 1. The molecule has 9 heteroatoms. The van der Waals surface area contributed by atoms with Crippen molar-refractivity contribution in [3.63, 3.8) is 0 Å². The minimum Gasteiger partial charge on any atom is -0.431 e. The maximum absolute atomic E-state index is 12.4. The van der Waals surface area contributed by atoms with Gasteiger partial charge in [0.15, 0.2) is 5.58 Å². The van der Waals surface area contributed by atoms with E-state index in [9.17, 15) is 14.4 Å². The Morgan fingerprint density at radius 3 is 2.82 bits per heavy atom. The number of aromatic amines is 1. The van der Waals surface area contributed by atoms with Gasteiger partial charge in [0.25, 0.3) is 10.8 Å². The van der Waals surface area contributed by atoms with Gasteiger partial charge in [0.1, 0.15) is 11.3 Å². The van der Waals surface area contributed by atoms with Crippen LogP contribution in [0.4, 0.5) is 5.82 Å². The van der Waals surface area contributed by atoms with Crippen LogP contribution in [0.25, 0.3) is 11.1 Å². The van der Waals surface area contributed by atoms with Gasteiger partial charge >= 0.3 is 5.69 Å². The minimum atomic E-state index is -0.529. The number of rotatable bonds is 5. The highest BCUT2D eigenvalue weighted by atomic mass is 32.2. The Kier molecular flexibility index (Phi) is 5.34. The lowest BCUT2D eigenvalue weighted by Crippen LogP contribution is -2.36. The second kappa shape index (κ2) is 8.05. The molecule has 0 saturated heterocycles. The van der Waals surface area contributed by atoms with E-state index in [-0.39, 0.29) is 23.5 Å². The molecule has 0 unspecified atom stereocenters. The molecule has 1 aliphatic rings. The van der Waals surface area contributed by atoms with E-state index in [1.807, 2.05) is 24.3 Å². The lowest BCUT2D eigenvalue weighted by atomic mass is 9.95. The van der Waals surface area contributed by atoms with E-state index in [1.54, 1.807) is 0 Å². The van der Waals surface area contributed by atoms with Crippen LogP contribution < -0.4 is 16.6 Å². The van der Waals surface area contributed by atoms with Gasteiger partial charge in [-0.2, -0.15) is 0 Å². The summed E-state index contributed by atoms with van der Waals surface area (Å²) in [5.41, 5.74) is 0.373. The molecule has 0 spiro atoms. The van der Waals surface area contributed by atoms with Crippen molar-refractivity contribution in [1.82, 2.24) is 14.5 Å². The Labute approximate surface area is 164 Å². The monoisotopic (exact) mass is 400 g/mol. The molecule has 0 aliphatic heterocycles. The number of thioether (sulfide) groups is 1. The summed E-state index contributed by atoms with van der Waals surface area (Å²) in [6, 6.07) is 8.61. The molecule has 0 atom stereocenters. The number of carbonyl (C=O) groups excluding carboxylic acids is 1. The van der Waals surface area contributed by atoms with E-state index < -0.39 is 11.2 Å². The number of aromatic nitrogens is 3.